The summed E-state index contributed by atoms with van der Waals surface area (Å²) in [6, 6.07) is 7.99. The van der Waals surface area contributed by atoms with E-state index in [1.165, 1.54) is 0 Å². The molecule has 0 spiro atoms. The fourth-order valence-electron chi connectivity index (χ4n) is 2.84. The van der Waals surface area contributed by atoms with Crippen molar-refractivity contribution in [1.82, 2.24) is 9.55 Å². The summed E-state index contributed by atoms with van der Waals surface area (Å²) in [6.07, 6.45) is 1.77. The lowest BCUT2D eigenvalue weighted by Crippen LogP contribution is -2.30. The summed E-state index contributed by atoms with van der Waals surface area (Å²) in [5.41, 5.74) is 2.48. The van der Waals surface area contributed by atoms with Gasteiger partial charge in [-0.15, -0.1) is 11.8 Å². The number of hydrogen-bond acceptors (Lipinski definition) is 4. The Morgan fingerprint density at radius 3 is 2.71 bits per heavy atom. The summed E-state index contributed by atoms with van der Waals surface area (Å²) in [7, 11) is 0. The Morgan fingerprint density at radius 1 is 1.38 bits per heavy atom. The van der Waals surface area contributed by atoms with E-state index in [-0.39, 0.29) is 16.5 Å². The predicted octanol–water partition coefficient (Wildman–Crippen LogP) is 3.82. The normalized spacial score (nSPS) is 17.2. The van der Waals surface area contributed by atoms with Gasteiger partial charge in [-0.3, -0.25) is 9.78 Å². The van der Waals surface area contributed by atoms with Gasteiger partial charge >= 0.3 is 0 Å². The van der Waals surface area contributed by atoms with Gasteiger partial charge < -0.3 is 4.57 Å². The number of rotatable bonds is 1. The Morgan fingerprint density at radius 2 is 2.12 bits per heavy atom. The van der Waals surface area contributed by atoms with E-state index in [1.54, 1.807) is 22.5 Å². The average molecular weight is 339 g/mol. The van der Waals surface area contributed by atoms with Crippen LogP contribution in [0.5, 0.6) is 0 Å². The van der Waals surface area contributed by atoms with E-state index >= 15 is 0 Å². The molecule has 3 heterocycles. The van der Waals surface area contributed by atoms with Gasteiger partial charge in [0.05, 0.1) is 5.03 Å². The SMILES string of the molecule is C[C@@H]1CSc2cc(-c3ccc(C(C)(C)C)nc3)c(C#N)c(=O)n2C1. The highest BCUT2D eigenvalue weighted by Gasteiger charge is 2.22. The fraction of sp³-hybridized carbons (Fsp3) is 0.421. The van der Waals surface area contributed by atoms with E-state index in [0.29, 0.717) is 18.0 Å². The van der Waals surface area contributed by atoms with Crippen LogP contribution in [0.25, 0.3) is 11.1 Å². The van der Waals surface area contributed by atoms with E-state index in [0.717, 1.165) is 22.0 Å². The van der Waals surface area contributed by atoms with E-state index in [4.69, 9.17) is 0 Å². The molecule has 0 fully saturated rings. The third-order valence-corrected chi connectivity index (χ3v) is 5.60. The number of aromatic nitrogens is 2. The second-order valence-corrected chi connectivity index (χ2v) is 8.44. The lowest BCUT2D eigenvalue weighted by Gasteiger charge is -2.24. The second-order valence-electron chi connectivity index (χ2n) is 7.40. The predicted molar refractivity (Wildman–Crippen MR) is 97.2 cm³/mol. The highest BCUT2D eigenvalue weighted by Crippen LogP contribution is 2.32. The largest absolute Gasteiger partial charge is 0.302 e. The Kier molecular flexibility index (Phi) is 4.27. The molecule has 3 rings (SSSR count). The van der Waals surface area contributed by atoms with Gasteiger partial charge in [-0.25, -0.2) is 0 Å². The van der Waals surface area contributed by atoms with Crippen LogP contribution < -0.4 is 5.56 Å². The number of thioether (sulfide) groups is 1. The first-order valence-corrected chi connectivity index (χ1v) is 9.07. The van der Waals surface area contributed by atoms with E-state index in [1.807, 2.05) is 18.2 Å². The van der Waals surface area contributed by atoms with Crippen molar-refractivity contribution in [2.75, 3.05) is 5.75 Å². The molecule has 0 saturated heterocycles. The molecule has 0 N–H and O–H groups in total. The maximum atomic E-state index is 12.7. The molecule has 0 radical (unpaired) electrons. The van der Waals surface area contributed by atoms with Crippen molar-refractivity contribution < 1.29 is 0 Å². The summed E-state index contributed by atoms with van der Waals surface area (Å²) < 4.78 is 1.73. The highest BCUT2D eigenvalue weighted by molar-refractivity contribution is 7.99. The van der Waals surface area contributed by atoms with Crippen LogP contribution in [-0.4, -0.2) is 15.3 Å². The summed E-state index contributed by atoms with van der Waals surface area (Å²) >= 11 is 1.68. The zero-order valence-electron chi connectivity index (χ0n) is 14.5. The molecule has 5 heteroatoms. The molecule has 1 aliphatic heterocycles. The van der Waals surface area contributed by atoms with Crippen molar-refractivity contribution >= 4 is 11.8 Å². The van der Waals surface area contributed by atoms with Crippen LogP contribution in [0.15, 0.2) is 34.2 Å². The van der Waals surface area contributed by atoms with Crippen LogP contribution in [0.2, 0.25) is 0 Å². The summed E-state index contributed by atoms with van der Waals surface area (Å²) in [5.74, 6) is 1.43. The quantitative estimate of drug-likeness (QED) is 0.792. The molecule has 1 atom stereocenters. The number of nitriles is 1. The minimum absolute atomic E-state index is 0.0298. The second kappa shape index (κ2) is 6.10. The number of nitrogens with zero attached hydrogens (tertiary/aromatic N) is 3. The molecule has 0 unspecified atom stereocenters. The average Bonchev–Trinajstić information content (AvgIpc) is 2.54. The highest BCUT2D eigenvalue weighted by atomic mass is 32.2. The monoisotopic (exact) mass is 339 g/mol. The van der Waals surface area contributed by atoms with Gasteiger partial charge in [-0.1, -0.05) is 33.8 Å². The van der Waals surface area contributed by atoms with Crippen molar-refractivity contribution in [3.63, 3.8) is 0 Å². The van der Waals surface area contributed by atoms with Gasteiger partial charge in [0.2, 0.25) is 0 Å². The molecule has 1 aliphatic rings. The Balaban J connectivity index is 2.14. The fourth-order valence-corrected chi connectivity index (χ4v) is 3.92. The Bertz CT molecular complexity index is 870. The number of pyridine rings is 2. The summed E-state index contributed by atoms with van der Waals surface area (Å²) in [6.45, 7) is 9.13. The molecule has 4 nitrogen and oxygen atoms in total. The smallest absolute Gasteiger partial charge is 0.269 e. The lowest BCUT2D eigenvalue weighted by atomic mass is 9.91. The molecule has 0 aromatic carbocycles. The van der Waals surface area contributed by atoms with Crippen LogP contribution >= 0.6 is 11.8 Å². The minimum atomic E-state index is -0.191. The molecule has 124 valence electrons. The van der Waals surface area contributed by atoms with Crippen LogP contribution in [0, 0.1) is 17.2 Å². The van der Waals surface area contributed by atoms with Gasteiger partial charge in [0, 0.05) is 40.7 Å². The summed E-state index contributed by atoms with van der Waals surface area (Å²) in [5, 5.41) is 10.5. The van der Waals surface area contributed by atoms with Gasteiger partial charge in [-0.05, 0) is 18.1 Å². The molecular formula is C19H21N3OS. The molecular weight excluding hydrogens is 318 g/mol. The third-order valence-electron chi connectivity index (χ3n) is 4.23. The first-order valence-electron chi connectivity index (χ1n) is 8.09. The van der Waals surface area contributed by atoms with Crippen molar-refractivity contribution in [1.29, 1.82) is 5.26 Å². The molecule has 2 aromatic heterocycles. The number of hydrogen-bond donors (Lipinski definition) is 0. The molecule has 0 saturated carbocycles. The van der Waals surface area contributed by atoms with Crippen LogP contribution in [-0.2, 0) is 12.0 Å². The zero-order chi connectivity index (χ0) is 17.5. The maximum absolute atomic E-state index is 12.7. The van der Waals surface area contributed by atoms with Crippen molar-refractivity contribution in [3.8, 4) is 17.2 Å². The topological polar surface area (TPSA) is 58.7 Å². The number of fused-ring (bicyclic) bond motifs is 1. The van der Waals surface area contributed by atoms with Crippen molar-refractivity contribution in [2.24, 2.45) is 5.92 Å². The standard InChI is InChI=1S/C19H21N3OS/c1-12-10-22-17(24-11-12)7-14(15(8-20)18(22)23)13-5-6-16(21-9-13)19(2,3)4/h5-7,9,12H,10-11H2,1-4H3/t12-/m0/s1. The van der Waals surface area contributed by atoms with Gasteiger partial charge in [-0.2, -0.15) is 5.26 Å². The van der Waals surface area contributed by atoms with Crippen molar-refractivity contribution in [3.05, 3.63) is 46.0 Å². The zero-order valence-corrected chi connectivity index (χ0v) is 15.3. The molecule has 24 heavy (non-hydrogen) atoms. The lowest BCUT2D eigenvalue weighted by molar-refractivity contribution is 0.474. The van der Waals surface area contributed by atoms with Crippen LogP contribution in [0.3, 0.4) is 0 Å². The molecule has 0 aliphatic carbocycles. The molecule has 0 amide bonds. The van der Waals surface area contributed by atoms with Gasteiger partial charge in [0.1, 0.15) is 11.6 Å². The van der Waals surface area contributed by atoms with E-state index in [9.17, 15) is 10.1 Å². The Hall–Kier alpha value is -2.06. The van der Waals surface area contributed by atoms with Crippen molar-refractivity contribution in [2.45, 2.75) is 44.7 Å². The Labute approximate surface area is 146 Å². The van der Waals surface area contributed by atoms with E-state index < -0.39 is 0 Å². The molecule has 2 aromatic rings. The minimum Gasteiger partial charge on any atom is -0.302 e. The molecule has 0 bridgehead atoms. The first kappa shape index (κ1) is 16.8. The third kappa shape index (κ3) is 2.99. The maximum Gasteiger partial charge on any atom is 0.269 e. The summed E-state index contributed by atoms with van der Waals surface area (Å²) in [4.78, 5) is 17.2. The first-order chi connectivity index (χ1) is 11.3. The van der Waals surface area contributed by atoms with Crippen LogP contribution in [0.1, 0.15) is 39.0 Å². The van der Waals surface area contributed by atoms with Gasteiger partial charge in [0.15, 0.2) is 0 Å². The van der Waals surface area contributed by atoms with Crippen LogP contribution in [0.4, 0.5) is 0 Å². The van der Waals surface area contributed by atoms with E-state index in [2.05, 4.69) is 38.7 Å². The van der Waals surface area contributed by atoms with Gasteiger partial charge in [0.25, 0.3) is 5.56 Å².